The Bertz CT molecular complexity index is 2600. The minimum atomic E-state index is 0.984. The van der Waals surface area contributed by atoms with Gasteiger partial charge in [0, 0.05) is 33.6 Å². The van der Waals surface area contributed by atoms with Gasteiger partial charge in [-0.3, -0.25) is 0 Å². The average molecular weight is 677 g/mol. The molecule has 9 rings (SSSR count). The lowest BCUT2D eigenvalue weighted by Gasteiger charge is -2.26. The number of aromatic nitrogens is 1. The number of hydrogen-bond acceptors (Lipinski definition) is 2. The normalized spacial score (nSPS) is 11.0. The van der Waals surface area contributed by atoms with Gasteiger partial charge in [-0.15, -0.1) is 0 Å². The third-order valence-electron chi connectivity index (χ3n) is 9.89. The molecule has 0 saturated heterocycles. The van der Waals surface area contributed by atoms with Crippen LogP contribution in [0.1, 0.15) is 0 Å². The van der Waals surface area contributed by atoms with Crippen molar-refractivity contribution in [3.8, 4) is 55.8 Å². The summed E-state index contributed by atoms with van der Waals surface area (Å²) in [7, 11) is 0. The topological polar surface area (TPSA) is 16.1 Å². The van der Waals surface area contributed by atoms with Crippen LogP contribution in [-0.2, 0) is 0 Å². The molecule has 9 aromatic rings. The van der Waals surface area contributed by atoms with Crippen molar-refractivity contribution in [3.63, 3.8) is 0 Å². The van der Waals surface area contributed by atoms with Gasteiger partial charge in [0.15, 0.2) is 0 Å². The van der Waals surface area contributed by atoms with Crippen LogP contribution in [0.5, 0.6) is 0 Å². The molecule has 2 nitrogen and oxygen atoms in total. The van der Waals surface area contributed by atoms with E-state index in [1.165, 1.54) is 33.4 Å². The van der Waals surface area contributed by atoms with Gasteiger partial charge >= 0.3 is 0 Å². The van der Waals surface area contributed by atoms with Gasteiger partial charge in [0.05, 0.1) is 11.2 Å². The largest absolute Gasteiger partial charge is 0.311 e. The average Bonchev–Trinajstić information content (AvgIpc) is 3.25. The Kier molecular flexibility index (Phi) is 8.61. The maximum Gasteiger partial charge on any atom is 0.0788 e. The second kappa shape index (κ2) is 14.3. The van der Waals surface area contributed by atoms with Crippen molar-refractivity contribution >= 4 is 28.0 Å². The molecule has 0 aliphatic heterocycles. The minimum absolute atomic E-state index is 0.984. The summed E-state index contributed by atoms with van der Waals surface area (Å²) in [6.07, 6.45) is 0. The molecular weight excluding hydrogens is 641 g/mol. The lowest BCUT2D eigenvalue weighted by molar-refractivity contribution is 1.28. The van der Waals surface area contributed by atoms with E-state index in [0.717, 1.165) is 50.3 Å². The summed E-state index contributed by atoms with van der Waals surface area (Å²) in [6.45, 7) is 0. The molecule has 0 amide bonds. The SMILES string of the molecule is c1ccc(-c2ccc(-c3ccc(N(c4ccc(-c5ccccc5)cc4)c4ccc(-c5cc6ccccc6nc5-c5ccccc5)cc4)cc3)cc2)cc1. The lowest BCUT2D eigenvalue weighted by atomic mass is 9.97. The monoisotopic (exact) mass is 676 g/mol. The smallest absolute Gasteiger partial charge is 0.0788 e. The van der Waals surface area contributed by atoms with E-state index in [1.807, 2.05) is 12.1 Å². The molecule has 250 valence electrons. The van der Waals surface area contributed by atoms with Crippen LogP contribution in [0.15, 0.2) is 218 Å². The van der Waals surface area contributed by atoms with Crippen LogP contribution >= 0.6 is 0 Å². The standard InChI is InChI=1S/C51H36N2/c1-4-12-37(13-5-1)39-20-22-40(23-21-39)42-26-32-47(33-27-42)53(46-30-24-41(25-31-46)38-14-6-2-7-15-38)48-34-28-43(29-35-48)49-36-45-18-10-11-19-50(45)52-51(49)44-16-8-3-9-17-44/h1-36H. The highest BCUT2D eigenvalue weighted by molar-refractivity contribution is 5.92. The zero-order valence-electron chi connectivity index (χ0n) is 29.2. The van der Waals surface area contributed by atoms with Crippen LogP contribution in [0.25, 0.3) is 66.7 Å². The highest BCUT2D eigenvalue weighted by Crippen LogP contribution is 2.39. The van der Waals surface area contributed by atoms with E-state index < -0.39 is 0 Å². The molecule has 1 heterocycles. The summed E-state index contributed by atoms with van der Waals surface area (Å²) < 4.78 is 0. The van der Waals surface area contributed by atoms with Crippen LogP contribution in [0.3, 0.4) is 0 Å². The first-order valence-electron chi connectivity index (χ1n) is 18.0. The zero-order chi connectivity index (χ0) is 35.4. The maximum atomic E-state index is 5.15. The third-order valence-corrected chi connectivity index (χ3v) is 9.89. The van der Waals surface area contributed by atoms with Gasteiger partial charge in [0.1, 0.15) is 0 Å². The fourth-order valence-corrected chi connectivity index (χ4v) is 7.11. The molecular formula is C51H36N2. The second-order valence-corrected chi connectivity index (χ2v) is 13.2. The number of fused-ring (bicyclic) bond motifs is 1. The van der Waals surface area contributed by atoms with Crippen molar-refractivity contribution in [2.45, 2.75) is 0 Å². The lowest BCUT2D eigenvalue weighted by Crippen LogP contribution is -2.09. The second-order valence-electron chi connectivity index (χ2n) is 13.2. The number of rotatable bonds is 8. The minimum Gasteiger partial charge on any atom is -0.311 e. The summed E-state index contributed by atoms with van der Waals surface area (Å²) in [5.41, 5.74) is 15.8. The first kappa shape index (κ1) is 31.9. The Morgan fingerprint density at radius 1 is 0.283 bits per heavy atom. The Morgan fingerprint density at radius 3 is 1.08 bits per heavy atom. The molecule has 0 fully saturated rings. The molecule has 0 radical (unpaired) electrons. The molecule has 0 aliphatic rings. The van der Waals surface area contributed by atoms with Crippen LogP contribution < -0.4 is 4.90 Å². The maximum absolute atomic E-state index is 5.15. The van der Waals surface area contributed by atoms with Gasteiger partial charge in [-0.05, 0) is 87.5 Å². The van der Waals surface area contributed by atoms with Crippen LogP contribution in [-0.4, -0.2) is 4.98 Å². The first-order valence-corrected chi connectivity index (χ1v) is 18.0. The van der Waals surface area contributed by atoms with Crippen molar-refractivity contribution in [1.82, 2.24) is 4.98 Å². The predicted octanol–water partition coefficient (Wildman–Crippen LogP) is 14.0. The molecule has 1 aromatic heterocycles. The molecule has 0 N–H and O–H groups in total. The van der Waals surface area contributed by atoms with Crippen LogP contribution in [0.2, 0.25) is 0 Å². The molecule has 8 aromatic carbocycles. The Labute approximate surface area is 310 Å². The quantitative estimate of drug-likeness (QED) is 0.159. The molecule has 0 aliphatic carbocycles. The summed E-state index contributed by atoms with van der Waals surface area (Å²) in [5.74, 6) is 0. The van der Waals surface area contributed by atoms with Gasteiger partial charge < -0.3 is 4.90 Å². The molecule has 0 unspecified atom stereocenters. The van der Waals surface area contributed by atoms with E-state index in [-0.39, 0.29) is 0 Å². The number of nitrogens with zero attached hydrogens (tertiary/aromatic N) is 2. The fraction of sp³-hybridized carbons (Fsp3) is 0. The molecule has 53 heavy (non-hydrogen) atoms. The molecule has 0 saturated carbocycles. The van der Waals surface area contributed by atoms with Crippen molar-refractivity contribution in [1.29, 1.82) is 0 Å². The van der Waals surface area contributed by atoms with Gasteiger partial charge in [-0.1, -0.05) is 170 Å². The predicted molar refractivity (Wildman–Crippen MR) is 224 cm³/mol. The molecule has 0 bridgehead atoms. The number of anilines is 3. The van der Waals surface area contributed by atoms with E-state index in [4.69, 9.17) is 4.98 Å². The highest BCUT2D eigenvalue weighted by Gasteiger charge is 2.16. The highest BCUT2D eigenvalue weighted by atomic mass is 15.1. The van der Waals surface area contributed by atoms with Crippen molar-refractivity contribution < 1.29 is 0 Å². The summed E-state index contributed by atoms with van der Waals surface area (Å²) >= 11 is 0. The van der Waals surface area contributed by atoms with Crippen molar-refractivity contribution in [3.05, 3.63) is 218 Å². The number of para-hydroxylation sites is 1. The van der Waals surface area contributed by atoms with E-state index in [0.29, 0.717) is 0 Å². The fourth-order valence-electron chi connectivity index (χ4n) is 7.11. The molecule has 2 heteroatoms. The van der Waals surface area contributed by atoms with Crippen LogP contribution in [0, 0.1) is 0 Å². The van der Waals surface area contributed by atoms with Gasteiger partial charge in [-0.25, -0.2) is 4.98 Å². The zero-order valence-corrected chi connectivity index (χ0v) is 29.2. The van der Waals surface area contributed by atoms with E-state index >= 15 is 0 Å². The first-order chi connectivity index (χ1) is 26.3. The number of benzene rings is 8. The number of pyridine rings is 1. The summed E-state index contributed by atoms with van der Waals surface area (Å²) in [6, 6.07) is 77.6. The third kappa shape index (κ3) is 6.62. The van der Waals surface area contributed by atoms with E-state index in [2.05, 4.69) is 211 Å². The van der Waals surface area contributed by atoms with Crippen LogP contribution in [0.4, 0.5) is 17.1 Å². The van der Waals surface area contributed by atoms with E-state index in [9.17, 15) is 0 Å². The Morgan fingerprint density at radius 2 is 0.623 bits per heavy atom. The Hall–Kier alpha value is -7.03. The van der Waals surface area contributed by atoms with Gasteiger partial charge in [0.2, 0.25) is 0 Å². The van der Waals surface area contributed by atoms with Crippen molar-refractivity contribution in [2.24, 2.45) is 0 Å². The molecule has 0 spiro atoms. The summed E-state index contributed by atoms with van der Waals surface area (Å²) in [5, 5.41) is 1.13. The van der Waals surface area contributed by atoms with Gasteiger partial charge in [-0.2, -0.15) is 0 Å². The Balaban J connectivity index is 1.09. The molecule has 0 atom stereocenters. The van der Waals surface area contributed by atoms with Gasteiger partial charge in [0.25, 0.3) is 0 Å². The summed E-state index contributed by atoms with van der Waals surface area (Å²) in [4.78, 5) is 7.48. The van der Waals surface area contributed by atoms with Crippen molar-refractivity contribution in [2.75, 3.05) is 4.90 Å². The van der Waals surface area contributed by atoms with E-state index in [1.54, 1.807) is 0 Å². The number of hydrogen-bond donors (Lipinski definition) is 0.